The van der Waals surface area contributed by atoms with Crippen LogP contribution in [-0.4, -0.2) is 56.4 Å². The first kappa shape index (κ1) is 9.39. The van der Waals surface area contributed by atoms with Crippen LogP contribution in [0.25, 0.3) is 0 Å². The molecule has 6 heteroatoms. The van der Waals surface area contributed by atoms with Crippen molar-refractivity contribution >= 4 is 10.2 Å². The predicted octanol–water partition coefficient (Wildman–Crippen LogP) is -0.734. The summed E-state index contributed by atoms with van der Waals surface area (Å²) in [5.41, 5.74) is 0. The van der Waals surface area contributed by atoms with Crippen molar-refractivity contribution in [1.29, 1.82) is 0 Å². The van der Waals surface area contributed by atoms with Gasteiger partial charge in [-0.05, 0) is 6.42 Å². The molecule has 2 aliphatic heterocycles. The van der Waals surface area contributed by atoms with E-state index >= 15 is 0 Å². The van der Waals surface area contributed by atoms with Crippen LogP contribution in [-0.2, 0) is 14.9 Å². The third-order valence-electron chi connectivity index (χ3n) is 2.61. The molecule has 0 N–H and O–H groups in total. The molecule has 2 fully saturated rings. The number of ether oxygens (including phenoxy) is 1. The maximum absolute atomic E-state index is 11.7. The molecule has 13 heavy (non-hydrogen) atoms. The molecule has 0 amide bonds. The second-order valence-electron chi connectivity index (χ2n) is 3.70. The van der Waals surface area contributed by atoms with Crippen molar-refractivity contribution in [2.75, 3.05) is 27.2 Å². The molecule has 0 spiro atoms. The van der Waals surface area contributed by atoms with E-state index in [9.17, 15) is 8.42 Å². The van der Waals surface area contributed by atoms with E-state index in [2.05, 4.69) is 0 Å². The normalized spacial score (nSPS) is 34.7. The first-order valence-electron chi connectivity index (χ1n) is 4.32. The topological polar surface area (TPSA) is 49.9 Å². The van der Waals surface area contributed by atoms with E-state index < -0.39 is 10.2 Å². The molecule has 0 radical (unpaired) electrons. The van der Waals surface area contributed by atoms with Gasteiger partial charge >= 0.3 is 0 Å². The first-order valence-corrected chi connectivity index (χ1v) is 5.72. The standard InChI is InChI=1S/C7H14N2O3S/c1-8(2)13(10,11)9-4-7-3-6(9)5-12-7/h6-7H,3-5H2,1-2H3. The van der Waals surface area contributed by atoms with Crippen molar-refractivity contribution in [1.82, 2.24) is 8.61 Å². The Bertz CT molecular complexity index is 301. The Hall–Kier alpha value is -0.170. The molecule has 2 bridgehead atoms. The van der Waals surface area contributed by atoms with Gasteiger partial charge in [-0.3, -0.25) is 0 Å². The minimum Gasteiger partial charge on any atom is -0.375 e. The van der Waals surface area contributed by atoms with Crippen molar-refractivity contribution in [3.05, 3.63) is 0 Å². The van der Waals surface area contributed by atoms with Gasteiger partial charge in [-0.1, -0.05) is 0 Å². The molecular weight excluding hydrogens is 192 g/mol. The monoisotopic (exact) mass is 206 g/mol. The maximum atomic E-state index is 11.7. The summed E-state index contributed by atoms with van der Waals surface area (Å²) in [5, 5.41) is 0. The van der Waals surface area contributed by atoms with E-state index in [1.165, 1.54) is 4.31 Å². The fraction of sp³-hybridized carbons (Fsp3) is 1.00. The van der Waals surface area contributed by atoms with Crippen LogP contribution in [0.5, 0.6) is 0 Å². The zero-order valence-electron chi connectivity index (χ0n) is 7.80. The van der Waals surface area contributed by atoms with Crippen molar-refractivity contribution in [2.24, 2.45) is 0 Å². The molecule has 0 saturated carbocycles. The van der Waals surface area contributed by atoms with Crippen LogP contribution in [0, 0.1) is 0 Å². The van der Waals surface area contributed by atoms with Crippen LogP contribution in [0.1, 0.15) is 6.42 Å². The third kappa shape index (κ3) is 1.38. The van der Waals surface area contributed by atoms with E-state index in [-0.39, 0.29) is 12.1 Å². The smallest absolute Gasteiger partial charge is 0.281 e. The number of fused-ring (bicyclic) bond motifs is 2. The number of hydrogen-bond donors (Lipinski definition) is 0. The highest BCUT2D eigenvalue weighted by Crippen LogP contribution is 2.30. The van der Waals surface area contributed by atoms with Gasteiger partial charge in [0.05, 0.1) is 18.8 Å². The van der Waals surface area contributed by atoms with E-state index in [1.807, 2.05) is 0 Å². The van der Waals surface area contributed by atoms with E-state index in [0.717, 1.165) is 6.42 Å². The number of rotatable bonds is 2. The van der Waals surface area contributed by atoms with Crippen LogP contribution in [0.2, 0.25) is 0 Å². The lowest BCUT2D eigenvalue weighted by Gasteiger charge is -2.28. The molecule has 0 aromatic rings. The summed E-state index contributed by atoms with van der Waals surface area (Å²) < 4.78 is 31.6. The maximum Gasteiger partial charge on any atom is 0.281 e. The van der Waals surface area contributed by atoms with Gasteiger partial charge in [-0.15, -0.1) is 0 Å². The molecule has 0 aromatic heterocycles. The van der Waals surface area contributed by atoms with E-state index in [4.69, 9.17) is 4.74 Å². The van der Waals surface area contributed by atoms with Crippen LogP contribution >= 0.6 is 0 Å². The lowest BCUT2D eigenvalue weighted by Crippen LogP contribution is -2.46. The summed E-state index contributed by atoms with van der Waals surface area (Å²) in [6.45, 7) is 1.07. The lowest BCUT2D eigenvalue weighted by molar-refractivity contribution is 0.0592. The largest absolute Gasteiger partial charge is 0.375 e. The van der Waals surface area contributed by atoms with E-state index in [0.29, 0.717) is 13.2 Å². The summed E-state index contributed by atoms with van der Waals surface area (Å²) >= 11 is 0. The van der Waals surface area contributed by atoms with E-state index in [1.54, 1.807) is 18.4 Å². The Morgan fingerprint density at radius 1 is 1.46 bits per heavy atom. The molecule has 2 unspecified atom stereocenters. The molecule has 2 heterocycles. The molecule has 2 rings (SSSR count). The fourth-order valence-corrected chi connectivity index (χ4v) is 3.15. The van der Waals surface area contributed by atoms with Crippen molar-refractivity contribution < 1.29 is 13.2 Å². The molecule has 76 valence electrons. The van der Waals surface area contributed by atoms with Gasteiger partial charge in [0, 0.05) is 20.6 Å². The van der Waals surface area contributed by atoms with Gasteiger partial charge < -0.3 is 4.74 Å². The molecule has 0 aliphatic carbocycles. The average molecular weight is 206 g/mol. The van der Waals surface area contributed by atoms with Crippen molar-refractivity contribution in [3.63, 3.8) is 0 Å². The SMILES string of the molecule is CN(C)S(=O)(=O)N1CC2CC1CO2. The van der Waals surface area contributed by atoms with Gasteiger partial charge in [-0.25, -0.2) is 0 Å². The summed E-state index contributed by atoms with van der Waals surface area (Å²) in [6.07, 6.45) is 0.979. The minimum atomic E-state index is -3.22. The molecule has 2 saturated heterocycles. The van der Waals surface area contributed by atoms with Crippen molar-refractivity contribution in [3.8, 4) is 0 Å². The Morgan fingerprint density at radius 3 is 2.54 bits per heavy atom. The Balaban J connectivity index is 2.19. The second kappa shape index (κ2) is 2.91. The highest BCUT2D eigenvalue weighted by atomic mass is 32.2. The highest BCUT2D eigenvalue weighted by Gasteiger charge is 2.45. The van der Waals surface area contributed by atoms with Gasteiger partial charge in [0.1, 0.15) is 0 Å². The highest BCUT2D eigenvalue weighted by molar-refractivity contribution is 7.86. The molecule has 5 nitrogen and oxygen atoms in total. The van der Waals surface area contributed by atoms with Crippen molar-refractivity contribution in [2.45, 2.75) is 18.6 Å². The quantitative estimate of drug-likeness (QED) is 0.598. The number of hydrogen-bond acceptors (Lipinski definition) is 3. The van der Waals surface area contributed by atoms with Crippen LogP contribution in [0.4, 0.5) is 0 Å². The van der Waals surface area contributed by atoms with Crippen LogP contribution in [0.15, 0.2) is 0 Å². The zero-order valence-corrected chi connectivity index (χ0v) is 8.62. The summed E-state index contributed by atoms with van der Waals surface area (Å²) in [7, 11) is -0.105. The Labute approximate surface area is 78.4 Å². The predicted molar refractivity (Wildman–Crippen MR) is 47.5 cm³/mol. The average Bonchev–Trinajstić information content (AvgIpc) is 2.63. The zero-order chi connectivity index (χ0) is 9.64. The molecule has 2 atom stereocenters. The van der Waals surface area contributed by atoms with Gasteiger partial charge in [0.25, 0.3) is 10.2 Å². The first-order chi connectivity index (χ1) is 6.01. The number of morpholine rings is 1. The molecular formula is C7H14N2O3S. The van der Waals surface area contributed by atoms with Crippen LogP contribution < -0.4 is 0 Å². The second-order valence-corrected chi connectivity index (χ2v) is 5.80. The van der Waals surface area contributed by atoms with Crippen LogP contribution in [0.3, 0.4) is 0 Å². The minimum absolute atomic E-state index is 0.0670. The van der Waals surface area contributed by atoms with Gasteiger partial charge in [-0.2, -0.15) is 17.0 Å². The summed E-state index contributed by atoms with van der Waals surface area (Å²) in [5.74, 6) is 0. The third-order valence-corrected chi connectivity index (χ3v) is 4.57. The van der Waals surface area contributed by atoms with Gasteiger partial charge in [0.2, 0.25) is 0 Å². The summed E-state index contributed by atoms with van der Waals surface area (Å²) in [4.78, 5) is 0. The fourth-order valence-electron chi connectivity index (χ4n) is 1.86. The van der Waals surface area contributed by atoms with Gasteiger partial charge in [0.15, 0.2) is 0 Å². The lowest BCUT2D eigenvalue weighted by atomic mass is 10.3. The molecule has 2 aliphatic rings. The summed E-state index contributed by atoms with van der Waals surface area (Å²) in [6, 6.07) is 0.0670. The Morgan fingerprint density at radius 2 is 2.15 bits per heavy atom. The molecule has 0 aromatic carbocycles. The number of nitrogens with zero attached hydrogens (tertiary/aromatic N) is 2. The Kier molecular flexibility index (Phi) is 2.10.